The minimum Gasteiger partial charge on any atom is -0.389 e. The second-order valence-electron chi connectivity index (χ2n) is 3.42. The molecule has 6 heteroatoms. The molecule has 1 unspecified atom stereocenters. The second-order valence-corrected chi connectivity index (χ2v) is 3.42. The summed E-state index contributed by atoms with van der Waals surface area (Å²) in [6, 6.07) is 3.49. The lowest BCUT2D eigenvalue weighted by Gasteiger charge is -2.13. The van der Waals surface area contributed by atoms with E-state index in [1.807, 2.05) is 0 Å². The molecule has 0 aliphatic carbocycles. The molecular formula is C11H12F2N2O2. The number of hydrogen-bond acceptors (Lipinski definition) is 4. The zero-order valence-electron chi connectivity index (χ0n) is 9.20. The second kappa shape index (κ2) is 6.13. The standard InChI is InChI=1S/C11H12F2N2O2/c1-17-6-8(16)5-15-11-9(12)2-7(4-14)3-10(11)13/h2-3,8,15-16H,5-6H2,1H3. The number of nitriles is 1. The van der Waals surface area contributed by atoms with Crippen LogP contribution in [0.5, 0.6) is 0 Å². The summed E-state index contributed by atoms with van der Waals surface area (Å²) in [5.41, 5.74) is -0.456. The SMILES string of the molecule is COCC(O)CNc1c(F)cc(C#N)cc1F. The van der Waals surface area contributed by atoms with Gasteiger partial charge in [-0.15, -0.1) is 0 Å². The number of rotatable bonds is 5. The number of nitrogens with one attached hydrogen (secondary N) is 1. The summed E-state index contributed by atoms with van der Waals surface area (Å²) in [6.45, 7) is 0.0140. The third-order valence-electron chi connectivity index (χ3n) is 2.04. The number of anilines is 1. The van der Waals surface area contributed by atoms with Gasteiger partial charge in [-0.05, 0) is 12.1 Å². The monoisotopic (exact) mass is 242 g/mol. The Morgan fingerprint density at radius 1 is 1.47 bits per heavy atom. The molecule has 0 radical (unpaired) electrons. The van der Waals surface area contributed by atoms with Crippen LogP contribution in [0.4, 0.5) is 14.5 Å². The molecule has 4 nitrogen and oxygen atoms in total. The maximum Gasteiger partial charge on any atom is 0.150 e. The smallest absolute Gasteiger partial charge is 0.150 e. The van der Waals surface area contributed by atoms with Crippen molar-refractivity contribution in [3.63, 3.8) is 0 Å². The molecule has 0 aliphatic heterocycles. The highest BCUT2D eigenvalue weighted by Gasteiger charge is 2.12. The molecule has 0 bridgehead atoms. The molecule has 17 heavy (non-hydrogen) atoms. The van der Waals surface area contributed by atoms with Crippen molar-refractivity contribution < 1.29 is 18.6 Å². The van der Waals surface area contributed by atoms with Crippen molar-refractivity contribution in [3.8, 4) is 6.07 Å². The molecule has 0 amide bonds. The largest absolute Gasteiger partial charge is 0.389 e. The molecule has 1 aromatic carbocycles. The summed E-state index contributed by atoms with van der Waals surface area (Å²) in [4.78, 5) is 0. The van der Waals surface area contributed by atoms with Crippen molar-refractivity contribution in [2.75, 3.05) is 25.6 Å². The molecule has 0 saturated carbocycles. The van der Waals surface area contributed by atoms with Gasteiger partial charge in [0.25, 0.3) is 0 Å². The van der Waals surface area contributed by atoms with Gasteiger partial charge in [0.05, 0.1) is 24.3 Å². The van der Waals surface area contributed by atoms with E-state index in [1.165, 1.54) is 7.11 Å². The van der Waals surface area contributed by atoms with Gasteiger partial charge in [-0.25, -0.2) is 8.78 Å². The third-order valence-corrected chi connectivity index (χ3v) is 2.04. The van der Waals surface area contributed by atoms with Gasteiger partial charge in [0.15, 0.2) is 11.6 Å². The molecule has 0 aliphatic rings. The lowest BCUT2D eigenvalue weighted by molar-refractivity contribution is 0.0727. The summed E-state index contributed by atoms with van der Waals surface area (Å²) in [6.07, 6.45) is -0.866. The van der Waals surface area contributed by atoms with Crippen LogP contribution >= 0.6 is 0 Å². The van der Waals surface area contributed by atoms with Gasteiger partial charge in [-0.1, -0.05) is 0 Å². The normalized spacial score (nSPS) is 11.9. The van der Waals surface area contributed by atoms with Gasteiger partial charge in [-0.3, -0.25) is 0 Å². The van der Waals surface area contributed by atoms with E-state index in [4.69, 9.17) is 5.26 Å². The number of halogens is 2. The molecule has 0 saturated heterocycles. The van der Waals surface area contributed by atoms with Crippen molar-refractivity contribution in [2.24, 2.45) is 0 Å². The molecule has 0 heterocycles. The zero-order chi connectivity index (χ0) is 12.8. The Labute approximate surface area is 97.4 Å². The highest BCUT2D eigenvalue weighted by Crippen LogP contribution is 2.20. The van der Waals surface area contributed by atoms with Crippen LogP contribution in [-0.2, 0) is 4.74 Å². The molecular weight excluding hydrogens is 230 g/mol. The summed E-state index contributed by atoms with van der Waals surface area (Å²) in [5, 5.41) is 20.2. The Kier molecular flexibility index (Phi) is 4.82. The van der Waals surface area contributed by atoms with E-state index in [0.29, 0.717) is 0 Å². The molecule has 1 atom stereocenters. The topological polar surface area (TPSA) is 65.3 Å². The minimum atomic E-state index is -0.869. The molecule has 0 spiro atoms. The van der Waals surface area contributed by atoms with Gasteiger partial charge >= 0.3 is 0 Å². The fourth-order valence-corrected chi connectivity index (χ4v) is 1.28. The van der Waals surface area contributed by atoms with Crippen LogP contribution in [0, 0.1) is 23.0 Å². The van der Waals surface area contributed by atoms with E-state index in [9.17, 15) is 13.9 Å². The van der Waals surface area contributed by atoms with Crippen LogP contribution < -0.4 is 5.32 Å². The van der Waals surface area contributed by atoms with E-state index in [-0.39, 0.29) is 24.4 Å². The first kappa shape index (κ1) is 13.4. The molecule has 1 rings (SSSR count). The maximum absolute atomic E-state index is 13.4. The van der Waals surface area contributed by atoms with Crippen molar-refractivity contribution >= 4 is 5.69 Å². The van der Waals surface area contributed by atoms with Crippen LogP contribution in [0.25, 0.3) is 0 Å². The summed E-state index contributed by atoms with van der Waals surface area (Å²) >= 11 is 0. The van der Waals surface area contributed by atoms with Gasteiger partial charge in [0, 0.05) is 13.7 Å². The van der Waals surface area contributed by atoms with E-state index in [1.54, 1.807) is 6.07 Å². The van der Waals surface area contributed by atoms with Crippen LogP contribution in [0.1, 0.15) is 5.56 Å². The average Bonchev–Trinajstić information content (AvgIpc) is 2.28. The molecule has 0 aromatic heterocycles. The summed E-state index contributed by atoms with van der Waals surface area (Å²) in [7, 11) is 1.41. The Morgan fingerprint density at radius 3 is 2.53 bits per heavy atom. The van der Waals surface area contributed by atoms with Gasteiger partial charge in [0.1, 0.15) is 5.69 Å². The number of aliphatic hydroxyl groups excluding tert-OH is 1. The van der Waals surface area contributed by atoms with E-state index < -0.39 is 17.7 Å². The number of ether oxygens (including phenoxy) is 1. The van der Waals surface area contributed by atoms with Crippen molar-refractivity contribution in [3.05, 3.63) is 29.3 Å². The summed E-state index contributed by atoms with van der Waals surface area (Å²) < 4.78 is 31.4. The fourth-order valence-electron chi connectivity index (χ4n) is 1.28. The molecule has 92 valence electrons. The Balaban J connectivity index is 2.75. The molecule has 1 aromatic rings. The Bertz CT molecular complexity index is 409. The van der Waals surface area contributed by atoms with Crippen LogP contribution in [0.15, 0.2) is 12.1 Å². The van der Waals surface area contributed by atoms with Crippen LogP contribution in [-0.4, -0.2) is 31.5 Å². The first-order valence-electron chi connectivity index (χ1n) is 4.88. The fraction of sp³-hybridized carbons (Fsp3) is 0.364. The predicted molar refractivity (Wildman–Crippen MR) is 57.4 cm³/mol. The minimum absolute atomic E-state index is 0.0480. The number of benzene rings is 1. The first-order valence-corrected chi connectivity index (χ1v) is 4.88. The number of methoxy groups -OCH3 is 1. The van der Waals surface area contributed by atoms with Crippen LogP contribution in [0.2, 0.25) is 0 Å². The first-order chi connectivity index (χ1) is 8.08. The third kappa shape index (κ3) is 3.66. The molecule has 2 N–H and O–H groups in total. The Hall–Kier alpha value is -1.71. The molecule has 0 fully saturated rings. The zero-order valence-corrected chi connectivity index (χ0v) is 9.20. The van der Waals surface area contributed by atoms with Crippen LogP contribution in [0.3, 0.4) is 0 Å². The summed E-state index contributed by atoms with van der Waals surface area (Å²) in [5.74, 6) is -1.74. The van der Waals surface area contributed by atoms with E-state index in [0.717, 1.165) is 12.1 Å². The number of hydrogen-bond donors (Lipinski definition) is 2. The van der Waals surface area contributed by atoms with Gasteiger partial charge < -0.3 is 15.2 Å². The average molecular weight is 242 g/mol. The van der Waals surface area contributed by atoms with Gasteiger partial charge in [0.2, 0.25) is 0 Å². The quantitative estimate of drug-likeness (QED) is 0.815. The van der Waals surface area contributed by atoms with E-state index in [2.05, 4.69) is 10.1 Å². The van der Waals surface area contributed by atoms with E-state index >= 15 is 0 Å². The highest BCUT2D eigenvalue weighted by molar-refractivity contribution is 5.50. The highest BCUT2D eigenvalue weighted by atomic mass is 19.1. The lowest BCUT2D eigenvalue weighted by Crippen LogP contribution is -2.24. The van der Waals surface area contributed by atoms with Gasteiger partial charge in [-0.2, -0.15) is 5.26 Å². The maximum atomic E-state index is 13.4. The van der Waals surface area contributed by atoms with Crippen molar-refractivity contribution in [1.29, 1.82) is 5.26 Å². The predicted octanol–water partition coefficient (Wildman–Crippen LogP) is 1.26. The Morgan fingerprint density at radius 2 is 2.06 bits per heavy atom. The van der Waals surface area contributed by atoms with Crippen molar-refractivity contribution in [1.82, 2.24) is 0 Å². The number of aliphatic hydroxyl groups is 1. The number of nitrogens with zero attached hydrogens (tertiary/aromatic N) is 1. The lowest BCUT2D eigenvalue weighted by atomic mass is 10.2. The van der Waals surface area contributed by atoms with Crippen molar-refractivity contribution in [2.45, 2.75) is 6.10 Å².